The van der Waals surface area contributed by atoms with Gasteiger partial charge in [-0.15, -0.1) is 0 Å². The number of nitriles is 1. The molecular formula is C24H21N3O3. The number of hydrogen-bond donors (Lipinski definition) is 2. The molecule has 0 radical (unpaired) electrons. The van der Waals surface area contributed by atoms with Crippen LogP contribution in [0.25, 0.3) is 11.8 Å². The number of aryl methyl sites for hydroxylation is 2. The Bertz CT molecular complexity index is 1180. The van der Waals surface area contributed by atoms with Crippen LogP contribution in [0.4, 0.5) is 5.69 Å². The molecule has 1 heterocycles. The molecule has 0 spiro atoms. The van der Waals surface area contributed by atoms with Crippen molar-refractivity contribution in [1.82, 2.24) is 4.57 Å². The first-order chi connectivity index (χ1) is 14.3. The number of aromatic nitrogens is 1. The van der Waals surface area contributed by atoms with Crippen LogP contribution in [-0.2, 0) is 4.79 Å². The van der Waals surface area contributed by atoms with Gasteiger partial charge in [0, 0.05) is 22.8 Å². The Labute approximate surface area is 174 Å². The van der Waals surface area contributed by atoms with Crippen molar-refractivity contribution in [3.63, 3.8) is 0 Å². The molecule has 30 heavy (non-hydrogen) atoms. The van der Waals surface area contributed by atoms with E-state index in [1.807, 2.05) is 57.2 Å². The van der Waals surface area contributed by atoms with E-state index in [1.54, 1.807) is 6.08 Å². The Kier molecular flexibility index (Phi) is 5.84. The molecular weight excluding hydrogens is 378 g/mol. The first kappa shape index (κ1) is 20.6. The number of carboxylic acids is 1. The zero-order valence-electron chi connectivity index (χ0n) is 16.9. The number of aromatic carboxylic acids is 1. The Hall–Kier alpha value is -4.11. The van der Waals surface area contributed by atoms with Crippen LogP contribution in [0.15, 0.2) is 60.2 Å². The highest BCUT2D eigenvalue weighted by atomic mass is 16.4. The van der Waals surface area contributed by atoms with Gasteiger partial charge >= 0.3 is 5.97 Å². The Morgan fingerprint density at radius 2 is 1.67 bits per heavy atom. The van der Waals surface area contributed by atoms with Gasteiger partial charge in [0.1, 0.15) is 11.6 Å². The second kappa shape index (κ2) is 8.50. The van der Waals surface area contributed by atoms with Crippen molar-refractivity contribution >= 4 is 23.6 Å². The molecule has 0 aliphatic carbocycles. The Morgan fingerprint density at radius 3 is 2.23 bits per heavy atom. The summed E-state index contributed by atoms with van der Waals surface area (Å²) >= 11 is 0. The number of benzene rings is 2. The van der Waals surface area contributed by atoms with Gasteiger partial charge in [-0.1, -0.05) is 17.7 Å². The highest BCUT2D eigenvalue weighted by Crippen LogP contribution is 2.23. The third-order valence-corrected chi connectivity index (χ3v) is 4.82. The average Bonchev–Trinajstić information content (AvgIpc) is 3.00. The maximum atomic E-state index is 12.6. The summed E-state index contributed by atoms with van der Waals surface area (Å²) in [7, 11) is 0. The van der Waals surface area contributed by atoms with Crippen LogP contribution in [-0.4, -0.2) is 21.6 Å². The number of carboxylic acid groups (broad SMARTS) is 1. The van der Waals surface area contributed by atoms with Gasteiger partial charge in [0.15, 0.2) is 0 Å². The van der Waals surface area contributed by atoms with Crippen LogP contribution in [0.2, 0.25) is 0 Å². The average molecular weight is 399 g/mol. The van der Waals surface area contributed by atoms with E-state index in [0.29, 0.717) is 5.69 Å². The van der Waals surface area contributed by atoms with Gasteiger partial charge in [0.25, 0.3) is 5.91 Å². The number of nitrogens with zero attached hydrogens (tertiary/aromatic N) is 2. The molecule has 3 rings (SSSR count). The van der Waals surface area contributed by atoms with E-state index in [0.717, 1.165) is 22.6 Å². The third kappa shape index (κ3) is 4.31. The van der Waals surface area contributed by atoms with Gasteiger partial charge in [-0.05, 0) is 74.9 Å². The molecule has 6 nitrogen and oxygen atoms in total. The monoisotopic (exact) mass is 399 g/mol. The Morgan fingerprint density at radius 1 is 1.03 bits per heavy atom. The minimum Gasteiger partial charge on any atom is -0.478 e. The summed E-state index contributed by atoms with van der Waals surface area (Å²) in [4.78, 5) is 23.5. The van der Waals surface area contributed by atoms with Crippen LogP contribution < -0.4 is 5.32 Å². The van der Waals surface area contributed by atoms with Crippen LogP contribution in [0.5, 0.6) is 0 Å². The molecule has 0 unspecified atom stereocenters. The van der Waals surface area contributed by atoms with E-state index in [4.69, 9.17) is 5.11 Å². The maximum Gasteiger partial charge on any atom is 0.335 e. The van der Waals surface area contributed by atoms with Crippen LogP contribution in [0.1, 0.15) is 32.9 Å². The zero-order chi connectivity index (χ0) is 21.8. The van der Waals surface area contributed by atoms with Crippen LogP contribution in [0, 0.1) is 32.1 Å². The quantitative estimate of drug-likeness (QED) is 0.482. The molecule has 0 atom stereocenters. The van der Waals surface area contributed by atoms with Crippen LogP contribution >= 0.6 is 0 Å². The summed E-state index contributed by atoms with van der Waals surface area (Å²) in [6.07, 6.45) is 1.56. The first-order valence-corrected chi connectivity index (χ1v) is 9.32. The minimum absolute atomic E-state index is 0.0403. The number of carbonyl (C=O) groups excluding carboxylic acids is 1. The van der Waals surface area contributed by atoms with Crippen molar-refractivity contribution in [2.45, 2.75) is 20.8 Å². The van der Waals surface area contributed by atoms with E-state index in [1.165, 1.54) is 29.8 Å². The Balaban J connectivity index is 1.88. The smallest absolute Gasteiger partial charge is 0.335 e. The molecule has 0 fully saturated rings. The predicted octanol–water partition coefficient (Wildman–Crippen LogP) is 4.65. The number of carbonyl (C=O) groups is 2. The summed E-state index contributed by atoms with van der Waals surface area (Å²) in [5, 5.41) is 21.1. The largest absolute Gasteiger partial charge is 0.478 e. The molecule has 1 amide bonds. The first-order valence-electron chi connectivity index (χ1n) is 9.32. The number of amides is 1. The molecule has 2 aromatic carbocycles. The van der Waals surface area contributed by atoms with E-state index in [-0.39, 0.29) is 11.1 Å². The van der Waals surface area contributed by atoms with Gasteiger partial charge in [0.05, 0.1) is 5.56 Å². The SMILES string of the molecule is Cc1ccc(-n2c(C)cc(/C=C(\C#N)C(=O)Nc3ccc(C(=O)O)cc3)c2C)cc1. The summed E-state index contributed by atoms with van der Waals surface area (Å²) in [5.41, 5.74) is 5.36. The molecule has 150 valence electrons. The van der Waals surface area contributed by atoms with E-state index >= 15 is 0 Å². The van der Waals surface area contributed by atoms with Crippen molar-refractivity contribution in [1.29, 1.82) is 5.26 Å². The fourth-order valence-corrected chi connectivity index (χ4v) is 3.22. The lowest BCUT2D eigenvalue weighted by Crippen LogP contribution is -2.13. The summed E-state index contributed by atoms with van der Waals surface area (Å²) in [6.45, 7) is 5.94. The lowest BCUT2D eigenvalue weighted by atomic mass is 10.1. The lowest BCUT2D eigenvalue weighted by molar-refractivity contribution is -0.112. The number of anilines is 1. The lowest BCUT2D eigenvalue weighted by Gasteiger charge is -2.10. The van der Waals surface area contributed by atoms with Crippen LogP contribution in [0.3, 0.4) is 0 Å². The van der Waals surface area contributed by atoms with Gasteiger partial charge in [-0.2, -0.15) is 5.26 Å². The molecule has 1 aromatic heterocycles. The second-order valence-electron chi connectivity index (χ2n) is 7.00. The fraction of sp³-hybridized carbons (Fsp3) is 0.125. The summed E-state index contributed by atoms with van der Waals surface area (Å²) < 4.78 is 2.07. The number of nitrogens with one attached hydrogen (secondary N) is 1. The number of rotatable bonds is 5. The van der Waals surface area contributed by atoms with Crippen molar-refractivity contribution in [3.8, 4) is 11.8 Å². The van der Waals surface area contributed by atoms with Crippen molar-refractivity contribution in [2.24, 2.45) is 0 Å². The third-order valence-electron chi connectivity index (χ3n) is 4.82. The summed E-state index contributed by atoms with van der Waals surface area (Å²) in [5.74, 6) is -1.60. The normalized spacial score (nSPS) is 11.1. The van der Waals surface area contributed by atoms with E-state index in [2.05, 4.69) is 9.88 Å². The molecule has 0 saturated carbocycles. The molecule has 3 aromatic rings. The van der Waals surface area contributed by atoms with Crippen molar-refractivity contribution < 1.29 is 14.7 Å². The van der Waals surface area contributed by atoms with E-state index in [9.17, 15) is 14.9 Å². The van der Waals surface area contributed by atoms with Gasteiger partial charge < -0.3 is 15.0 Å². The highest BCUT2D eigenvalue weighted by Gasteiger charge is 2.14. The molecule has 0 bridgehead atoms. The molecule has 0 saturated heterocycles. The topological polar surface area (TPSA) is 95.1 Å². The minimum atomic E-state index is -1.05. The second-order valence-corrected chi connectivity index (χ2v) is 7.00. The number of hydrogen-bond acceptors (Lipinski definition) is 3. The van der Waals surface area contributed by atoms with Gasteiger partial charge in [-0.25, -0.2) is 4.79 Å². The van der Waals surface area contributed by atoms with Crippen molar-refractivity contribution in [3.05, 3.63) is 88.2 Å². The molecule has 0 aliphatic rings. The van der Waals surface area contributed by atoms with Gasteiger partial charge in [0.2, 0.25) is 0 Å². The van der Waals surface area contributed by atoms with Gasteiger partial charge in [-0.3, -0.25) is 4.79 Å². The molecule has 0 aliphatic heterocycles. The zero-order valence-corrected chi connectivity index (χ0v) is 16.9. The summed E-state index contributed by atoms with van der Waals surface area (Å²) in [6, 6.07) is 17.8. The highest BCUT2D eigenvalue weighted by molar-refractivity contribution is 6.09. The predicted molar refractivity (Wildman–Crippen MR) is 116 cm³/mol. The maximum absolute atomic E-state index is 12.6. The van der Waals surface area contributed by atoms with E-state index < -0.39 is 11.9 Å². The fourth-order valence-electron chi connectivity index (χ4n) is 3.22. The van der Waals surface area contributed by atoms with Crippen molar-refractivity contribution in [2.75, 3.05) is 5.32 Å². The molecule has 6 heteroatoms. The standard InChI is InChI=1S/C24H21N3O3/c1-15-4-10-22(11-5-15)27-16(2)12-19(17(27)3)13-20(14-25)23(28)26-21-8-6-18(7-9-21)24(29)30/h4-13H,1-3H3,(H,26,28)(H,29,30)/b20-13+. The molecule has 2 N–H and O–H groups in total.